The zero-order chi connectivity index (χ0) is 11.0. The first-order valence-electron chi connectivity index (χ1n) is 5.29. The van der Waals surface area contributed by atoms with Gasteiger partial charge in [-0.05, 0) is 28.8 Å². The Hall–Kier alpha value is -1.19. The van der Waals surface area contributed by atoms with Gasteiger partial charge in [0.25, 0.3) is 0 Å². The van der Waals surface area contributed by atoms with Crippen LogP contribution in [0.3, 0.4) is 0 Å². The van der Waals surface area contributed by atoms with Crippen LogP contribution < -0.4 is 0 Å². The zero-order valence-corrected chi connectivity index (χ0v) is 10.8. The molecule has 3 rings (SSSR count). The first-order valence-corrected chi connectivity index (χ1v) is 5.29. The van der Waals surface area contributed by atoms with Crippen molar-refractivity contribution in [2.24, 2.45) is 0 Å². The van der Waals surface area contributed by atoms with E-state index in [9.17, 15) is 4.39 Å². The standard InChI is InChI=1S/C14H11FO.BrH/c15-12-7-5-10(6-8-12)14-13-4-2-1-3-11(13)9-16-14;/h1-8,14H,9H2;1H. The van der Waals surface area contributed by atoms with E-state index in [0.29, 0.717) is 6.61 Å². The zero-order valence-electron chi connectivity index (χ0n) is 9.10. The first-order chi connectivity index (χ1) is 7.84. The molecule has 1 atom stereocenters. The Morgan fingerprint density at radius 3 is 2.47 bits per heavy atom. The van der Waals surface area contributed by atoms with Crippen LogP contribution in [0.5, 0.6) is 0 Å². The third-order valence-corrected chi connectivity index (χ3v) is 2.92. The van der Waals surface area contributed by atoms with Crippen LogP contribution in [0, 0.1) is 5.82 Å². The Balaban J connectivity index is 0.00000108. The van der Waals surface area contributed by atoms with Crippen LogP contribution >= 0.6 is 17.0 Å². The lowest BCUT2D eigenvalue weighted by Crippen LogP contribution is -1.98. The molecule has 0 radical (unpaired) electrons. The molecule has 0 saturated heterocycles. The van der Waals surface area contributed by atoms with E-state index in [1.807, 2.05) is 12.1 Å². The van der Waals surface area contributed by atoms with Gasteiger partial charge in [0.2, 0.25) is 0 Å². The lowest BCUT2D eigenvalue weighted by atomic mass is 10.00. The monoisotopic (exact) mass is 294 g/mol. The summed E-state index contributed by atoms with van der Waals surface area (Å²) in [5.41, 5.74) is 3.41. The van der Waals surface area contributed by atoms with Gasteiger partial charge in [-0.1, -0.05) is 36.4 Å². The summed E-state index contributed by atoms with van der Waals surface area (Å²) in [5.74, 6) is -0.213. The maximum Gasteiger partial charge on any atom is 0.123 e. The van der Waals surface area contributed by atoms with Gasteiger partial charge in [-0.3, -0.25) is 0 Å². The molecule has 17 heavy (non-hydrogen) atoms. The minimum Gasteiger partial charge on any atom is -0.364 e. The highest BCUT2D eigenvalue weighted by Crippen LogP contribution is 2.35. The normalized spacial score (nSPS) is 17.4. The third kappa shape index (κ3) is 2.26. The molecule has 0 bridgehead atoms. The van der Waals surface area contributed by atoms with Crippen molar-refractivity contribution in [2.75, 3.05) is 0 Å². The van der Waals surface area contributed by atoms with Gasteiger partial charge in [-0.15, -0.1) is 17.0 Å². The van der Waals surface area contributed by atoms with Crippen LogP contribution in [0.1, 0.15) is 22.8 Å². The fourth-order valence-electron chi connectivity index (χ4n) is 2.10. The van der Waals surface area contributed by atoms with Gasteiger partial charge in [-0.25, -0.2) is 4.39 Å². The molecule has 0 N–H and O–H groups in total. The predicted molar refractivity (Wildman–Crippen MR) is 69.8 cm³/mol. The van der Waals surface area contributed by atoms with Gasteiger partial charge < -0.3 is 4.74 Å². The molecule has 0 saturated carbocycles. The summed E-state index contributed by atoms with van der Waals surface area (Å²) >= 11 is 0. The minimum absolute atomic E-state index is 0. The highest BCUT2D eigenvalue weighted by Gasteiger charge is 2.23. The van der Waals surface area contributed by atoms with Crippen molar-refractivity contribution in [2.45, 2.75) is 12.7 Å². The van der Waals surface area contributed by atoms with Crippen molar-refractivity contribution >= 4 is 17.0 Å². The van der Waals surface area contributed by atoms with E-state index < -0.39 is 0 Å². The summed E-state index contributed by atoms with van der Waals surface area (Å²) in [5, 5.41) is 0. The van der Waals surface area contributed by atoms with Crippen molar-refractivity contribution in [3.8, 4) is 0 Å². The Bertz CT molecular complexity index is 510. The molecule has 3 heteroatoms. The van der Waals surface area contributed by atoms with Crippen LogP contribution in [0.2, 0.25) is 0 Å². The van der Waals surface area contributed by atoms with E-state index in [0.717, 1.165) is 5.56 Å². The number of halogens is 2. The van der Waals surface area contributed by atoms with Gasteiger partial charge in [0, 0.05) is 0 Å². The lowest BCUT2D eigenvalue weighted by molar-refractivity contribution is 0.0939. The van der Waals surface area contributed by atoms with Gasteiger partial charge in [0.15, 0.2) is 0 Å². The van der Waals surface area contributed by atoms with E-state index in [4.69, 9.17) is 4.74 Å². The Labute approximate surface area is 110 Å². The molecule has 88 valence electrons. The van der Waals surface area contributed by atoms with Crippen molar-refractivity contribution in [3.05, 3.63) is 71.0 Å². The highest BCUT2D eigenvalue weighted by molar-refractivity contribution is 8.93. The van der Waals surface area contributed by atoms with E-state index in [2.05, 4.69) is 12.1 Å². The molecular weight excluding hydrogens is 283 g/mol. The number of rotatable bonds is 1. The molecular formula is C14H12BrFO. The van der Waals surface area contributed by atoms with E-state index in [1.54, 1.807) is 12.1 Å². The Kier molecular flexibility index (Phi) is 3.60. The average Bonchev–Trinajstić information content (AvgIpc) is 2.74. The lowest BCUT2D eigenvalue weighted by Gasteiger charge is -2.11. The number of hydrogen-bond acceptors (Lipinski definition) is 1. The molecule has 1 aliphatic rings. The second kappa shape index (κ2) is 4.98. The summed E-state index contributed by atoms with van der Waals surface area (Å²) in [4.78, 5) is 0. The van der Waals surface area contributed by atoms with Crippen molar-refractivity contribution < 1.29 is 9.13 Å². The first kappa shape index (κ1) is 12.3. The summed E-state index contributed by atoms with van der Waals surface area (Å²) in [6.07, 6.45) is -0.0446. The van der Waals surface area contributed by atoms with Crippen molar-refractivity contribution in [3.63, 3.8) is 0 Å². The number of ether oxygens (including phenoxy) is 1. The molecule has 0 aromatic heterocycles. The van der Waals surface area contributed by atoms with Gasteiger partial charge >= 0.3 is 0 Å². The summed E-state index contributed by atoms with van der Waals surface area (Å²) in [7, 11) is 0. The highest BCUT2D eigenvalue weighted by atomic mass is 79.9. The molecule has 2 aromatic rings. The molecule has 0 aliphatic carbocycles. The van der Waals surface area contributed by atoms with E-state index in [1.165, 1.54) is 23.3 Å². The molecule has 1 nitrogen and oxygen atoms in total. The third-order valence-electron chi connectivity index (χ3n) is 2.92. The number of fused-ring (bicyclic) bond motifs is 1. The largest absolute Gasteiger partial charge is 0.364 e. The average molecular weight is 295 g/mol. The Morgan fingerprint density at radius 1 is 1.00 bits per heavy atom. The van der Waals surface area contributed by atoms with Crippen LogP contribution in [-0.4, -0.2) is 0 Å². The van der Waals surface area contributed by atoms with Gasteiger partial charge in [0.1, 0.15) is 11.9 Å². The Morgan fingerprint density at radius 2 is 1.71 bits per heavy atom. The molecule has 0 spiro atoms. The maximum absolute atomic E-state index is 12.8. The predicted octanol–water partition coefficient (Wildman–Crippen LogP) is 4.02. The quantitative estimate of drug-likeness (QED) is 0.772. The minimum atomic E-state index is -0.213. The summed E-state index contributed by atoms with van der Waals surface area (Å²) in [6.45, 7) is 0.637. The topological polar surface area (TPSA) is 9.23 Å². The fourth-order valence-corrected chi connectivity index (χ4v) is 2.10. The molecule has 0 amide bonds. The molecule has 0 fully saturated rings. The number of benzene rings is 2. The number of hydrogen-bond donors (Lipinski definition) is 0. The molecule has 1 heterocycles. The van der Waals surface area contributed by atoms with Gasteiger partial charge in [0.05, 0.1) is 6.61 Å². The summed E-state index contributed by atoms with van der Waals surface area (Å²) in [6, 6.07) is 14.7. The molecule has 2 aromatic carbocycles. The van der Waals surface area contributed by atoms with E-state index >= 15 is 0 Å². The SMILES string of the molecule is Br.Fc1ccc(C2OCc3ccccc32)cc1. The van der Waals surface area contributed by atoms with Crippen molar-refractivity contribution in [1.82, 2.24) is 0 Å². The smallest absolute Gasteiger partial charge is 0.123 e. The fraction of sp³-hybridized carbons (Fsp3) is 0.143. The van der Waals surface area contributed by atoms with Crippen LogP contribution in [0.15, 0.2) is 48.5 Å². The second-order valence-corrected chi connectivity index (χ2v) is 3.94. The molecule has 1 unspecified atom stereocenters. The van der Waals surface area contributed by atoms with Crippen LogP contribution in [-0.2, 0) is 11.3 Å². The van der Waals surface area contributed by atoms with Crippen LogP contribution in [0.25, 0.3) is 0 Å². The maximum atomic E-state index is 12.8. The van der Waals surface area contributed by atoms with Crippen molar-refractivity contribution in [1.29, 1.82) is 0 Å². The second-order valence-electron chi connectivity index (χ2n) is 3.94. The van der Waals surface area contributed by atoms with E-state index in [-0.39, 0.29) is 28.9 Å². The van der Waals surface area contributed by atoms with Crippen LogP contribution in [0.4, 0.5) is 4.39 Å². The molecule has 1 aliphatic heterocycles. The van der Waals surface area contributed by atoms with Gasteiger partial charge in [-0.2, -0.15) is 0 Å². The summed E-state index contributed by atoms with van der Waals surface area (Å²) < 4.78 is 18.6.